The van der Waals surface area contributed by atoms with Crippen molar-refractivity contribution in [2.75, 3.05) is 11.5 Å². The predicted molar refractivity (Wildman–Crippen MR) is 71.4 cm³/mol. The molecule has 0 unspecified atom stereocenters. The zero-order chi connectivity index (χ0) is 14.7. The van der Waals surface area contributed by atoms with E-state index in [1.165, 1.54) is 39.0 Å². The van der Waals surface area contributed by atoms with E-state index in [1.54, 1.807) is 0 Å². The average molecular weight is 308 g/mol. The number of benzene rings is 1. The molecule has 0 fully saturated rings. The van der Waals surface area contributed by atoms with Crippen LogP contribution in [0.2, 0.25) is 0 Å². The van der Waals surface area contributed by atoms with Crippen molar-refractivity contribution in [1.82, 2.24) is 0 Å². The second kappa shape index (κ2) is 5.79. The van der Waals surface area contributed by atoms with Crippen LogP contribution in [0.4, 0.5) is 0 Å². The first-order valence-electron chi connectivity index (χ1n) is 5.64. The largest absolute Gasteiger partial charge is 0.382 e. The summed E-state index contributed by atoms with van der Waals surface area (Å²) in [6.45, 7) is 4.43. The Balaban J connectivity index is 3.13. The first-order valence-corrected chi connectivity index (χ1v) is 8.80. The number of hydrogen-bond acceptors (Lipinski definition) is 6. The third-order valence-corrected chi connectivity index (χ3v) is 4.66. The van der Waals surface area contributed by atoms with Crippen LogP contribution >= 0.6 is 0 Å². The summed E-state index contributed by atoms with van der Waals surface area (Å²) < 4.78 is 55.3. The Hall–Kier alpha value is -1.28. The lowest BCUT2D eigenvalue weighted by atomic mass is 10.2. The molecule has 0 aliphatic rings. The van der Waals surface area contributed by atoms with Gasteiger partial charge in [-0.2, -0.15) is 16.8 Å². The SMILES string of the molecule is CCS(=O)(=O)Oc1cccc(OS(=O)(=O)CC)c1C. The third kappa shape index (κ3) is 4.39. The van der Waals surface area contributed by atoms with Gasteiger partial charge in [-0.3, -0.25) is 0 Å². The monoisotopic (exact) mass is 308 g/mol. The molecule has 0 N–H and O–H groups in total. The summed E-state index contributed by atoms with van der Waals surface area (Å²) in [6.07, 6.45) is 0. The quantitative estimate of drug-likeness (QED) is 0.739. The summed E-state index contributed by atoms with van der Waals surface area (Å²) in [4.78, 5) is 0. The fourth-order valence-electron chi connectivity index (χ4n) is 1.17. The van der Waals surface area contributed by atoms with E-state index >= 15 is 0 Å². The molecule has 0 bridgehead atoms. The fraction of sp³-hybridized carbons (Fsp3) is 0.455. The Bertz CT molecular complexity index is 592. The summed E-state index contributed by atoms with van der Waals surface area (Å²) in [5.41, 5.74) is 0.316. The average Bonchev–Trinajstić information content (AvgIpc) is 2.34. The van der Waals surface area contributed by atoms with Gasteiger partial charge in [0, 0.05) is 5.56 Å². The highest BCUT2D eigenvalue weighted by molar-refractivity contribution is 7.87. The zero-order valence-electron chi connectivity index (χ0n) is 10.9. The molecule has 0 saturated heterocycles. The lowest BCUT2D eigenvalue weighted by Gasteiger charge is -2.12. The summed E-state index contributed by atoms with van der Waals surface area (Å²) in [5, 5.41) is 0. The highest BCUT2D eigenvalue weighted by Crippen LogP contribution is 2.29. The van der Waals surface area contributed by atoms with Gasteiger partial charge in [0.2, 0.25) is 0 Å². The maximum absolute atomic E-state index is 11.4. The van der Waals surface area contributed by atoms with Crippen molar-refractivity contribution < 1.29 is 25.2 Å². The van der Waals surface area contributed by atoms with Crippen molar-refractivity contribution in [2.24, 2.45) is 0 Å². The van der Waals surface area contributed by atoms with Crippen LogP contribution in [-0.4, -0.2) is 28.3 Å². The minimum Gasteiger partial charge on any atom is -0.382 e. The van der Waals surface area contributed by atoms with Crippen LogP contribution in [0.1, 0.15) is 19.4 Å². The molecule has 108 valence electrons. The highest BCUT2D eigenvalue weighted by atomic mass is 32.2. The van der Waals surface area contributed by atoms with Crippen LogP contribution in [0.15, 0.2) is 18.2 Å². The van der Waals surface area contributed by atoms with Gasteiger partial charge in [0.25, 0.3) is 0 Å². The summed E-state index contributed by atoms with van der Waals surface area (Å²) >= 11 is 0. The summed E-state index contributed by atoms with van der Waals surface area (Å²) in [5.74, 6) is -0.230. The van der Waals surface area contributed by atoms with Crippen molar-refractivity contribution in [2.45, 2.75) is 20.8 Å². The van der Waals surface area contributed by atoms with Gasteiger partial charge in [-0.05, 0) is 32.9 Å². The topological polar surface area (TPSA) is 86.7 Å². The summed E-state index contributed by atoms with van der Waals surface area (Å²) in [6, 6.07) is 4.34. The molecule has 1 aromatic rings. The minimum atomic E-state index is -3.67. The van der Waals surface area contributed by atoms with Gasteiger partial charge in [-0.25, -0.2) is 0 Å². The van der Waals surface area contributed by atoms with E-state index in [4.69, 9.17) is 8.37 Å². The molecule has 0 aromatic heterocycles. The summed E-state index contributed by atoms with van der Waals surface area (Å²) in [7, 11) is -7.33. The molecule has 0 saturated carbocycles. The Morgan fingerprint density at radius 3 is 1.58 bits per heavy atom. The molecule has 0 aliphatic carbocycles. The maximum atomic E-state index is 11.4. The molecule has 19 heavy (non-hydrogen) atoms. The predicted octanol–water partition coefficient (Wildman–Crippen LogP) is 1.45. The highest BCUT2D eigenvalue weighted by Gasteiger charge is 2.17. The Labute approximate surface area is 113 Å². The minimum absolute atomic E-state index is 0.0608. The smallest absolute Gasteiger partial charge is 0.308 e. The second-order valence-electron chi connectivity index (χ2n) is 3.74. The van der Waals surface area contributed by atoms with E-state index in [0.29, 0.717) is 5.56 Å². The molecule has 6 nitrogen and oxygen atoms in total. The van der Waals surface area contributed by atoms with Gasteiger partial charge in [0.05, 0.1) is 11.5 Å². The van der Waals surface area contributed by atoms with Crippen molar-refractivity contribution >= 4 is 20.2 Å². The van der Waals surface area contributed by atoms with Gasteiger partial charge < -0.3 is 8.37 Å². The van der Waals surface area contributed by atoms with E-state index < -0.39 is 20.2 Å². The molecule has 0 radical (unpaired) electrons. The molecule has 8 heteroatoms. The van der Waals surface area contributed by atoms with Crippen LogP contribution in [0, 0.1) is 6.92 Å². The molecule has 1 aromatic carbocycles. The first kappa shape index (κ1) is 15.8. The van der Waals surface area contributed by atoms with Crippen LogP contribution in [0.5, 0.6) is 11.5 Å². The van der Waals surface area contributed by atoms with Crippen LogP contribution in [0.25, 0.3) is 0 Å². The molecule has 1 rings (SSSR count). The van der Waals surface area contributed by atoms with E-state index in [0.717, 1.165) is 0 Å². The Kier molecular flexibility index (Phi) is 4.81. The van der Waals surface area contributed by atoms with Crippen molar-refractivity contribution in [3.05, 3.63) is 23.8 Å². The van der Waals surface area contributed by atoms with Gasteiger partial charge in [0.15, 0.2) is 0 Å². The molecule has 0 spiro atoms. The number of hydrogen-bond donors (Lipinski definition) is 0. The molecular formula is C11H16O6S2. The van der Waals surface area contributed by atoms with Crippen molar-refractivity contribution in [3.63, 3.8) is 0 Å². The molecule has 0 atom stereocenters. The maximum Gasteiger partial charge on any atom is 0.308 e. The van der Waals surface area contributed by atoms with E-state index in [1.807, 2.05) is 0 Å². The molecule has 0 amide bonds. The zero-order valence-corrected chi connectivity index (χ0v) is 12.5. The van der Waals surface area contributed by atoms with E-state index in [9.17, 15) is 16.8 Å². The lowest BCUT2D eigenvalue weighted by Crippen LogP contribution is -2.14. The fourth-order valence-corrected chi connectivity index (χ4v) is 2.31. The number of rotatable bonds is 6. The van der Waals surface area contributed by atoms with E-state index in [2.05, 4.69) is 0 Å². The van der Waals surface area contributed by atoms with Crippen molar-refractivity contribution in [3.8, 4) is 11.5 Å². The third-order valence-electron chi connectivity index (χ3n) is 2.37. The van der Waals surface area contributed by atoms with Gasteiger partial charge >= 0.3 is 20.2 Å². The standard InChI is InChI=1S/C11H16O6S2/c1-4-18(12,13)16-10-7-6-8-11(9(10)3)17-19(14,15)5-2/h6-8H,4-5H2,1-3H3. The normalized spacial score (nSPS) is 12.2. The molecular weight excluding hydrogens is 292 g/mol. The second-order valence-corrected chi connectivity index (χ2v) is 7.46. The van der Waals surface area contributed by atoms with Crippen LogP contribution < -0.4 is 8.37 Å². The van der Waals surface area contributed by atoms with Gasteiger partial charge in [-0.1, -0.05) is 6.07 Å². The van der Waals surface area contributed by atoms with Gasteiger partial charge in [0.1, 0.15) is 11.5 Å². The van der Waals surface area contributed by atoms with Gasteiger partial charge in [-0.15, -0.1) is 0 Å². The van der Waals surface area contributed by atoms with Crippen LogP contribution in [-0.2, 0) is 20.2 Å². The Morgan fingerprint density at radius 2 is 1.26 bits per heavy atom. The Morgan fingerprint density at radius 1 is 0.895 bits per heavy atom. The molecule has 0 heterocycles. The lowest BCUT2D eigenvalue weighted by molar-refractivity contribution is 0.474. The first-order chi connectivity index (χ1) is 8.71. The molecule has 0 aliphatic heterocycles. The van der Waals surface area contributed by atoms with Crippen molar-refractivity contribution in [1.29, 1.82) is 0 Å². The van der Waals surface area contributed by atoms with Crippen LogP contribution in [0.3, 0.4) is 0 Å². The van der Waals surface area contributed by atoms with E-state index in [-0.39, 0.29) is 23.0 Å².